The van der Waals surface area contributed by atoms with Crippen molar-refractivity contribution >= 4 is 39.3 Å². The van der Waals surface area contributed by atoms with Crippen molar-refractivity contribution in [2.24, 2.45) is 0 Å². The van der Waals surface area contributed by atoms with Crippen LogP contribution < -0.4 is 14.8 Å². The van der Waals surface area contributed by atoms with E-state index in [0.29, 0.717) is 32.8 Å². The van der Waals surface area contributed by atoms with Crippen molar-refractivity contribution in [1.82, 2.24) is 0 Å². The van der Waals surface area contributed by atoms with Crippen LogP contribution in [0.1, 0.15) is 23.6 Å². The molecule has 0 heterocycles. The standard InChI is InChI=1S/C26H22BrN3O5/c1-3-17-7-9-21(10-8-17)29-26(31)20(15-28)12-19-13-24(34-2)25(14-23(19)27)35-16-18-5-4-6-22(11-18)30(32)33/h4-14H,3,16H2,1-2H3,(H,29,31)/b20-12+. The van der Waals surface area contributed by atoms with Gasteiger partial charge in [-0.1, -0.05) is 47.1 Å². The molecule has 35 heavy (non-hydrogen) atoms. The van der Waals surface area contributed by atoms with E-state index in [9.17, 15) is 20.2 Å². The SMILES string of the molecule is CCc1ccc(NC(=O)/C(C#N)=C/c2cc(OC)c(OCc3cccc([N+](=O)[O-])c3)cc2Br)cc1. The van der Waals surface area contributed by atoms with Gasteiger partial charge in [-0.15, -0.1) is 0 Å². The van der Waals surface area contributed by atoms with E-state index in [0.717, 1.165) is 12.0 Å². The third kappa shape index (κ3) is 6.68. The Labute approximate surface area is 211 Å². The summed E-state index contributed by atoms with van der Waals surface area (Å²) in [6.45, 7) is 2.13. The van der Waals surface area contributed by atoms with E-state index in [1.165, 1.54) is 25.3 Å². The van der Waals surface area contributed by atoms with E-state index in [4.69, 9.17) is 9.47 Å². The molecular formula is C26H22BrN3O5. The fourth-order valence-electron chi connectivity index (χ4n) is 3.18. The highest BCUT2D eigenvalue weighted by molar-refractivity contribution is 9.10. The lowest BCUT2D eigenvalue weighted by atomic mass is 10.1. The number of anilines is 1. The number of hydrogen-bond acceptors (Lipinski definition) is 6. The zero-order valence-corrected chi connectivity index (χ0v) is 20.7. The smallest absolute Gasteiger partial charge is 0.269 e. The molecule has 0 bridgehead atoms. The molecule has 3 aromatic rings. The summed E-state index contributed by atoms with van der Waals surface area (Å²) in [5.41, 5.74) is 2.79. The molecule has 0 atom stereocenters. The third-order valence-electron chi connectivity index (χ3n) is 5.08. The van der Waals surface area contributed by atoms with Crippen molar-refractivity contribution in [3.8, 4) is 17.6 Å². The topological polar surface area (TPSA) is 114 Å². The monoisotopic (exact) mass is 535 g/mol. The third-order valence-corrected chi connectivity index (χ3v) is 5.77. The number of nitro groups is 1. The van der Waals surface area contributed by atoms with Crippen molar-refractivity contribution in [2.75, 3.05) is 12.4 Å². The average molecular weight is 536 g/mol. The van der Waals surface area contributed by atoms with E-state index < -0.39 is 10.8 Å². The van der Waals surface area contributed by atoms with Crippen molar-refractivity contribution in [1.29, 1.82) is 5.26 Å². The Morgan fingerprint density at radius 3 is 2.51 bits per heavy atom. The first-order valence-electron chi connectivity index (χ1n) is 10.6. The van der Waals surface area contributed by atoms with Gasteiger partial charge in [-0.2, -0.15) is 5.26 Å². The molecule has 1 N–H and O–H groups in total. The largest absolute Gasteiger partial charge is 0.493 e. The Kier molecular flexibility index (Phi) is 8.59. The molecule has 1 amide bonds. The molecule has 9 heteroatoms. The molecule has 0 aliphatic rings. The molecule has 0 aliphatic heterocycles. The summed E-state index contributed by atoms with van der Waals surface area (Å²) in [6, 6.07) is 18.8. The summed E-state index contributed by atoms with van der Waals surface area (Å²) in [5, 5.41) is 23.3. The molecule has 0 unspecified atom stereocenters. The van der Waals surface area contributed by atoms with Gasteiger partial charge in [0.1, 0.15) is 18.2 Å². The van der Waals surface area contributed by atoms with Crippen LogP contribution in [0, 0.1) is 21.4 Å². The Bertz CT molecular complexity index is 1310. The van der Waals surface area contributed by atoms with Crippen molar-refractivity contribution in [2.45, 2.75) is 20.0 Å². The van der Waals surface area contributed by atoms with E-state index in [2.05, 4.69) is 21.2 Å². The number of aryl methyl sites for hydroxylation is 1. The Balaban J connectivity index is 1.80. The van der Waals surface area contributed by atoms with Crippen molar-refractivity contribution in [3.05, 3.63) is 97.5 Å². The number of methoxy groups -OCH3 is 1. The van der Waals surface area contributed by atoms with Gasteiger partial charge in [-0.05, 0) is 53.5 Å². The summed E-state index contributed by atoms with van der Waals surface area (Å²) in [5.74, 6) is 0.230. The molecule has 0 saturated heterocycles. The van der Waals surface area contributed by atoms with Gasteiger partial charge in [0.25, 0.3) is 11.6 Å². The number of nitro benzene ring substituents is 1. The number of amides is 1. The van der Waals surface area contributed by atoms with Crippen LogP contribution >= 0.6 is 15.9 Å². The number of nitriles is 1. The van der Waals surface area contributed by atoms with Crippen LogP contribution in [0.3, 0.4) is 0 Å². The maximum Gasteiger partial charge on any atom is 0.269 e. The van der Waals surface area contributed by atoms with E-state index in [1.54, 1.807) is 36.4 Å². The van der Waals surface area contributed by atoms with Crippen molar-refractivity contribution in [3.63, 3.8) is 0 Å². The van der Waals surface area contributed by atoms with Gasteiger partial charge in [0.15, 0.2) is 11.5 Å². The second-order valence-electron chi connectivity index (χ2n) is 7.41. The number of nitrogens with one attached hydrogen (secondary N) is 1. The quantitative estimate of drug-likeness (QED) is 0.154. The molecular weight excluding hydrogens is 514 g/mol. The van der Waals surface area contributed by atoms with Gasteiger partial charge in [0.2, 0.25) is 0 Å². The summed E-state index contributed by atoms with van der Waals surface area (Å²) in [7, 11) is 1.47. The molecule has 0 radical (unpaired) electrons. The minimum absolute atomic E-state index is 0.0247. The first-order chi connectivity index (χ1) is 16.8. The van der Waals surface area contributed by atoms with Gasteiger partial charge < -0.3 is 14.8 Å². The Morgan fingerprint density at radius 1 is 1.14 bits per heavy atom. The molecule has 0 aromatic heterocycles. The second-order valence-corrected chi connectivity index (χ2v) is 8.27. The summed E-state index contributed by atoms with van der Waals surface area (Å²) in [4.78, 5) is 23.2. The van der Waals surface area contributed by atoms with Crippen molar-refractivity contribution < 1.29 is 19.2 Å². The molecule has 3 aromatic carbocycles. The first-order valence-corrected chi connectivity index (χ1v) is 11.4. The maximum atomic E-state index is 12.6. The highest BCUT2D eigenvalue weighted by Crippen LogP contribution is 2.35. The lowest BCUT2D eigenvalue weighted by Crippen LogP contribution is -2.13. The summed E-state index contributed by atoms with van der Waals surface area (Å²) < 4.78 is 11.8. The van der Waals surface area contributed by atoms with E-state index in [-0.39, 0.29) is 17.9 Å². The summed E-state index contributed by atoms with van der Waals surface area (Å²) in [6.07, 6.45) is 2.34. The highest BCUT2D eigenvalue weighted by atomic mass is 79.9. The van der Waals surface area contributed by atoms with Crippen LogP contribution in [0.2, 0.25) is 0 Å². The van der Waals surface area contributed by atoms with Crippen LogP contribution in [-0.4, -0.2) is 17.9 Å². The molecule has 3 rings (SSSR count). The first kappa shape index (κ1) is 25.5. The number of rotatable bonds is 9. The number of nitrogens with zero attached hydrogens (tertiary/aromatic N) is 2. The van der Waals surface area contributed by atoms with Crippen LogP contribution in [0.25, 0.3) is 6.08 Å². The Morgan fingerprint density at radius 2 is 1.89 bits per heavy atom. The lowest BCUT2D eigenvalue weighted by Gasteiger charge is -2.13. The predicted octanol–water partition coefficient (Wildman–Crippen LogP) is 6.05. The number of carbonyl (C=O) groups excluding carboxylic acids is 1. The number of carbonyl (C=O) groups is 1. The molecule has 8 nitrogen and oxygen atoms in total. The van der Waals surface area contributed by atoms with Gasteiger partial charge in [0, 0.05) is 22.3 Å². The molecule has 0 fully saturated rings. The van der Waals surface area contributed by atoms with Crippen LogP contribution in [0.5, 0.6) is 11.5 Å². The van der Waals surface area contributed by atoms with Crippen LogP contribution in [-0.2, 0) is 17.8 Å². The number of ether oxygens (including phenoxy) is 2. The minimum atomic E-state index is -0.534. The molecule has 0 spiro atoms. The predicted molar refractivity (Wildman–Crippen MR) is 136 cm³/mol. The van der Waals surface area contributed by atoms with Gasteiger partial charge in [0.05, 0.1) is 12.0 Å². The van der Waals surface area contributed by atoms with Crippen LogP contribution in [0.4, 0.5) is 11.4 Å². The number of non-ortho nitro benzene ring substituents is 1. The molecule has 0 saturated carbocycles. The number of benzene rings is 3. The maximum absolute atomic E-state index is 12.6. The number of hydrogen-bond donors (Lipinski definition) is 1. The zero-order chi connectivity index (χ0) is 25.4. The number of halogens is 1. The van der Waals surface area contributed by atoms with E-state index >= 15 is 0 Å². The Hall–Kier alpha value is -4.16. The fourth-order valence-corrected chi connectivity index (χ4v) is 3.62. The second kappa shape index (κ2) is 11.8. The highest BCUT2D eigenvalue weighted by Gasteiger charge is 2.15. The van der Waals surface area contributed by atoms with E-state index in [1.807, 2.05) is 25.1 Å². The van der Waals surface area contributed by atoms with Gasteiger partial charge in [-0.25, -0.2) is 0 Å². The minimum Gasteiger partial charge on any atom is -0.493 e. The average Bonchev–Trinajstić information content (AvgIpc) is 2.87. The van der Waals surface area contributed by atoms with Gasteiger partial charge >= 0.3 is 0 Å². The molecule has 178 valence electrons. The normalized spacial score (nSPS) is 10.9. The molecule has 0 aliphatic carbocycles. The fraction of sp³-hybridized carbons (Fsp3) is 0.154. The van der Waals surface area contributed by atoms with Gasteiger partial charge in [-0.3, -0.25) is 14.9 Å². The van der Waals surface area contributed by atoms with Crippen LogP contribution in [0.15, 0.2) is 70.7 Å². The summed E-state index contributed by atoms with van der Waals surface area (Å²) >= 11 is 3.45. The zero-order valence-electron chi connectivity index (χ0n) is 19.1. The lowest BCUT2D eigenvalue weighted by molar-refractivity contribution is -0.384.